The summed E-state index contributed by atoms with van der Waals surface area (Å²) in [7, 11) is 0. The molecular formula is C2H2CuO4. The predicted octanol–water partition coefficient (Wildman–Crippen LogP) is 0.425. The summed E-state index contributed by atoms with van der Waals surface area (Å²) in [5, 5.41) is 15.3. The van der Waals surface area contributed by atoms with Crippen LogP contribution in [0.1, 0.15) is 0 Å². The zero-order valence-electron chi connectivity index (χ0n) is 3.01. The van der Waals surface area contributed by atoms with Crippen molar-refractivity contribution in [2.45, 2.75) is 0 Å². The molecule has 4 nitrogen and oxygen atoms in total. The van der Waals surface area contributed by atoms with Crippen molar-refractivity contribution < 1.29 is 34.8 Å². The molecule has 7 heavy (non-hydrogen) atoms. The second kappa shape index (κ2) is 2.60. The summed E-state index contributed by atoms with van der Waals surface area (Å²) < 4.78 is 0. The van der Waals surface area contributed by atoms with Crippen LogP contribution in [0.15, 0.2) is 0 Å². The van der Waals surface area contributed by atoms with Gasteiger partial charge in [-0.3, -0.25) is 0 Å². The van der Waals surface area contributed by atoms with Crippen molar-refractivity contribution in [1.82, 2.24) is 0 Å². The van der Waals surface area contributed by atoms with E-state index in [9.17, 15) is 9.59 Å². The van der Waals surface area contributed by atoms with Gasteiger partial charge in [0.25, 0.3) is 0 Å². The first-order valence-corrected chi connectivity index (χ1v) is 2.10. The van der Waals surface area contributed by atoms with E-state index >= 15 is 0 Å². The van der Waals surface area contributed by atoms with Gasteiger partial charge in [0.2, 0.25) is 0 Å². The molecule has 0 bridgehead atoms. The second-order valence-corrected chi connectivity index (χ2v) is 1.56. The standard InChI is InChI=1S/2CHO2.Cu/c2*2-1-3;/h2*(H,2,3);. The third-order valence-electron chi connectivity index (χ3n) is 0.129. The molecule has 0 spiro atoms. The van der Waals surface area contributed by atoms with Gasteiger partial charge in [0.15, 0.2) is 0 Å². The molecule has 0 aromatic carbocycles. The molecule has 5 heteroatoms. The van der Waals surface area contributed by atoms with Crippen LogP contribution < -0.4 is 0 Å². The first-order chi connectivity index (χ1) is 3.13. The van der Waals surface area contributed by atoms with Crippen molar-refractivity contribution in [1.29, 1.82) is 0 Å². The van der Waals surface area contributed by atoms with Gasteiger partial charge in [-0.05, 0) is 0 Å². The molecule has 45 valence electrons. The van der Waals surface area contributed by atoms with Gasteiger partial charge in [0.1, 0.15) is 0 Å². The number of carboxylic acid groups (broad SMARTS) is 2. The summed E-state index contributed by atoms with van der Waals surface area (Å²) in [5.74, 6) is 0. The van der Waals surface area contributed by atoms with Crippen molar-refractivity contribution in [3.8, 4) is 0 Å². The quantitative estimate of drug-likeness (QED) is 0.564. The molecule has 2 N–H and O–H groups in total. The molecule has 0 unspecified atom stereocenters. The van der Waals surface area contributed by atoms with Crippen LogP contribution in [0.2, 0.25) is 0 Å². The molecule has 0 saturated carbocycles. The Balaban J connectivity index is 3.32. The van der Waals surface area contributed by atoms with E-state index in [0.29, 0.717) is 0 Å². The molecule has 0 amide bonds. The van der Waals surface area contributed by atoms with E-state index < -0.39 is 9.74 Å². The summed E-state index contributed by atoms with van der Waals surface area (Å²) >= 11 is -0.0764. The van der Waals surface area contributed by atoms with Crippen molar-refractivity contribution >= 4 is 9.74 Å². The van der Waals surface area contributed by atoms with Gasteiger partial charge in [-0.1, -0.05) is 0 Å². The van der Waals surface area contributed by atoms with E-state index in [4.69, 9.17) is 10.2 Å². The van der Waals surface area contributed by atoms with Gasteiger partial charge in [-0.2, -0.15) is 0 Å². The first-order valence-electron chi connectivity index (χ1n) is 1.16. The first kappa shape index (κ1) is 6.46. The van der Waals surface area contributed by atoms with Crippen LogP contribution in [-0.4, -0.2) is 19.9 Å². The Labute approximate surface area is 45.3 Å². The molecule has 0 aliphatic carbocycles. The van der Waals surface area contributed by atoms with Gasteiger partial charge in [0, 0.05) is 0 Å². The summed E-state index contributed by atoms with van der Waals surface area (Å²) in [6, 6.07) is 0. The Morgan fingerprint density at radius 3 is 1.43 bits per heavy atom. The summed E-state index contributed by atoms with van der Waals surface area (Å²) in [5.41, 5.74) is 0. The number of carbonyl (C=O) groups is 2. The zero-order chi connectivity index (χ0) is 5.86. The minimum atomic E-state index is -1.41. The van der Waals surface area contributed by atoms with E-state index in [-0.39, 0.29) is 15.0 Å². The molecular weight excluding hydrogens is 152 g/mol. The topological polar surface area (TPSA) is 74.6 Å². The molecule has 0 heterocycles. The minimum absolute atomic E-state index is 0.0764. The summed E-state index contributed by atoms with van der Waals surface area (Å²) in [6.45, 7) is 0. The van der Waals surface area contributed by atoms with Crippen LogP contribution in [0.25, 0.3) is 0 Å². The second-order valence-electron chi connectivity index (χ2n) is 0.516. The Kier molecular flexibility index (Phi) is 2.40. The van der Waals surface area contributed by atoms with E-state index in [1.165, 1.54) is 0 Å². The van der Waals surface area contributed by atoms with E-state index in [0.717, 1.165) is 0 Å². The Morgan fingerprint density at radius 2 is 1.43 bits per heavy atom. The molecule has 0 radical (unpaired) electrons. The van der Waals surface area contributed by atoms with Crippen LogP contribution >= 0.6 is 0 Å². The van der Waals surface area contributed by atoms with Crippen LogP contribution in [-0.2, 0) is 15.0 Å². The molecule has 0 rings (SSSR count). The van der Waals surface area contributed by atoms with Gasteiger partial charge in [0.05, 0.1) is 0 Å². The van der Waals surface area contributed by atoms with Gasteiger partial charge in [-0.25, -0.2) is 0 Å². The predicted molar refractivity (Wildman–Crippen MR) is 16.0 cm³/mol. The normalized spacial score (nSPS) is 8.57. The van der Waals surface area contributed by atoms with Gasteiger partial charge in [-0.15, -0.1) is 0 Å². The van der Waals surface area contributed by atoms with Crippen LogP contribution in [0, 0.1) is 0 Å². The summed E-state index contributed by atoms with van der Waals surface area (Å²) in [4.78, 5) is 16.0. The number of rotatable bonds is 2. The average molecular weight is 154 g/mol. The van der Waals surface area contributed by atoms with Crippen LogP contribution in [0.5, 0.6) is 0 Å². The Hall–Kier alpha value is -0.541. The zero-order valence-corrected chi connectivity index (χ0v) is 3.95. The monoisotopic (exact) mass is 153 g/mol. The van der Waals surface area contributed by atoms with Crippen molar-refractivity contribution in [2.24, 2.45) is 0 Å². The van der Waals surface area contributed by atoms with Crippen molar-refractivity contribution in [3.63, 3.8) is 0 Å². The van der Waals surface area contributed by atoms with Crippen LogP contribution in [0.3, 0.4) is 0 Å². The molecule has 0 aromatic heterocycles. The Morgan fingerprint density at radius 1 is 1.14 bits per heavy atom. The third-order valence-corrected chi connectivity index (χ3v) is 0.532. The molecule has 0 aromatic rings. The molecule has 0 fully saturated rings. The van der Waals surface area contributed by atoms with Gasteiger partial charge < -0.3 is 0 Å². The Bertz CT molecular complexity index is 85.9. The van der Waals surface area contributed by atoms with Crippen LogP contribution in [0.4, 0.5) is 9.59 Å². The third kappa shape index (κ3) is 5.46. The fourth-order valence-corrected chi connectivity index (χ4v) is 0.227. The molecule has 0 atom stereocenters. The number of hydrogen-bond donors (Lipinski definition) is 2. The maximum atomic E-state index is 9.39. The molecule has 0 saturated heterocycles. The van der Waals surface area contributed by atoms with E-state index in [2.05, 4.69) is 0 Å². The summed E-state index contributed by atoms with van der Waals surface area (Å²) in [6.07, 6.45) is 0. The number of hydrogen-bond acceptors (Lipinski definition) is 2. The molecule has 0 aliphatic rings. The van der Waals surface area contributed by atoms with Gasteiger partial charge >= 0.3 is 44.5 Å². The fraction of sp³-hybridized carbons (Fsp3) is 0. The van der Waals surface area contributed by atoms with Crippen molar-refractivity contribution in [3.05, 3.63) is 0 Å². The van der Waals surface area contributed by atoms with E-state index in [1.807, 2.05) is 0 Å². The fourth-order valence-electron chi connectivity index (χ4n) is 0.0552. The average Bonchev–Trinajstić information content (AvgIpc) is 1.27. The van der Waals surface area contributed by atoms with E-state index in [1.54, 1.807) is 0 Å². The molecule has 0 aliphatic heterocycles. The SMILES string of the molecule is O=[C](O)[Cu][C](=O)O. The van der Waals surface area contributed by atoms with Crippen molar-refractivity contribution in [2.75, 3.05) is 0 Å². The maximum absolute atomic E-state index is 9.39.